The number of carbonyl (C=O) groups is 2. The number of rotatable bonds is 4. The number of piperidine rings is 1. The number of carbonyl (C=O) groups excluding carboxylic acids is 2. The summed E-state index contributed by atoms with van der Waals surface area (Å²) in [5.41, 5.74) is 2.72. The van der Waals surface area contributed by atoms with Crippen LogP contribution in [0.25, 0.3) is 0 Å². The minimum Gasteiger partial charge on any atom is -0.274 e. The Hall–Kier alpha value is -2.51. The van der Waals surface area contributed by atoms with Crippen molar-refractivity contribution >= 4 is 27.5 Å². The zero-order chi connectivity index (χ0) is 21.7. The molecule has 2 aliphatic heterocycles. The molecule has 0 spiro atoms. The first kappa shape index (κ1) is 19.2. The lowest BCUT2D eigenvalue weighted by Crippen LogP contribution is -2.34. The number of amides is 2. The highest BCUT2D eigenvalue weighted by molar-refractivity contribution is 7.89. The van der Waals surface area contributed by atoms with E-state index in [9.17, 15) is 18.0 Å². The van der Waals surface area contributed by atoms with Crippen LogP contribution in [-0.4, -0.2) is 36.6 Å². The lowest BCUT2D eigenvalue weighted by atomic mass is 9.81. The number of fused-ring (bicyclic) bond motifs is 8. The highest BCUT2D eigenvalue weighted by Gasteiger charge is 2.78. The topological polar surface area (TPSA) is 74.5 Å². The van der Waals surface area contributed by atoms with Crippen molar-refractivity contribution in [3.63, 3.8) is 0 Å². The number of imide groups is 1. The minimum absolute atomic E-state index is 0.0731. The summed E-state index contributed by atoms with van der Waals surface area (Å²) >= 11 is 0. The van der Waals surface area contributed by atoms with Crippen LogP contribution >= 0.6 is 0 Å². The molecule has 2 bridgehead atoms. The summed E-state index contributed by atoms with van der Waals surface area (Å²) in [6.45, 7) is 3.96. The Morgan fingerprint density at radius 3 is 2.13 bits per heavy atom. The SMILES string of the molecule is CCc1cccc(N2C(=O)[C@@H]3[C@H]4C[C@@H]([C@@H]3C2=O)[C@@H]2[C@H]4N2S(=O)(=O)c2ccc(C)cc2)c1. The van der Waals surface area contributed by atoms with Gasteiger partial charge in [0.15, 0.2) is 0 Å². The van der Waals surface area contributed by atoms with E-state index < -0.39 is 21.9 Å². The maximum Gasteiger partial charge on any atom is 0.243 e. The van der Waals surface area contributed by atoms with Crippen LogP contribution in [0.3, 0.4) is 0 Å². The largest absolute Gasteiger partial charge is 0.274 e. The van der Waals surface area contributed by atoms with Crippen LogP contribution < -0.4 is 4.90 Å². The van der Waals surface area contributed by atoms with E-state index in [4.69, 9.17) is 0 Å². The van der Waals surface area contributed by atoms with E-state index in [1.54, 1.807) is 28.6 Å². The quantitative estimate of drug-likeness (QED) is 0.546. The number of hydrogen-bond donors (Lipinski definition) is 0. The summed E-state index contributed by atoms with van der Waals surface area (Å²) < 4.78 is 28.0. The van der Waals surface area contributed by atoms with E-state index in [0.717, 1.165) is 24.0 Å². The molecule has 6 nitrogen and oxygen atoms in total. The summed E-state index contributed by atoms with van der Waals surface area (Å²) in [7, 11) is -3.61. The van der Waals surface area contributed by atoms with Gasteiger partial charge in [0.05, 0.1) is 22.4 Å². The third-order valence-corrected chi connectivity index (χ3v) is 9.67. The van der Waals surface area contributed by atoms with Crippen LogP contribution in [0.1, 0.15) is 24.5 Å². The van der Waals surface area contributed by atoms with Gasteiger partial charge >= 0.3 is 0 Å². The van der Waals surface area contributed by atoms with Crippen molar-refractivity contribution in [1.82, 2.24) is 4.31 Å². The van der Waals surface area contributed by atoms with Crippen LogP contribution in [-0.2, 0) is 26.0 Å². The molecule has 2 amide bonds. The fourth-order valence-electron chi connectivity index (χ4n) is 6.38. The lowest BCUT2D eigenvalue weighted by Gasteiger charge is -2.20. The summed E-state index contributed by atoms with van der Waals surface area (Å²) in [4.78, 5) is 28.3. The first-order valence-corrected chi connectivity index (χ1v) is 12.4. The smallest absolute Gasteiger partial charge is 0.243 e. The van der Waals surface area contributed by atoms with Gasteiger partial charge < -0.3 is 0 Å². The van der Waals surface area contributed by atoms with Crippen molar-refractivity contribution in [2.75, 3.05) is 4.90 Å². The number of anilines is 1. The van der Waals surface area contributed by atoms with Crippen LogP contribution in [0.5, 0.6) is 0 Å². The molecule has 7 atom stereocenters. The van der Waals surface area contributed by atoms with E-state index in [1.165, 1.54) is 4.90 Å². The Balaban J connectivity index is 1.30. The normalized spacial score (nSPS) is 35.4. The van der Waals surface area contributed by atoms with E-state index in [0.29, 0.717) is 5.69 Å². The maximum atomic E-state index is 13.4. The fourth-order valence-corrected chi connectivity index (χ4v) is 8.25. The van der Waals surface area contributed by atoms with Crippen LogP contribution in [0.4, 0.5) is 5.69 Å². The molecule has 160 valence electrons. The Morgan fingerprint density at radius 2 is 1.55 bits per heavy atom. The molecule has 4 aliphatic rings. The number of aryl methyl sites for hydroxylation is 2. The monoisotopic (exact) mass is 436 g/mol. The van der Waals surface area contributed by atoms with Crippen molar-refractivity contribution in [3.05, 3.63) is 59.7 Å². The van der Waals surface area contributed by atoms with Gasteiger partial charge in [-0.3, -0.25) is 14.5 Å². The second-order valence-corrected chi connectivity index (χ2v) is 11.1. The molecule has 0 N–H and O–H groups in total. The standard InChI is InChI=1S/C24H24N2O4S/c1-3-14-5-4-6-15(11-14)25-23(27)19-17-12-18(20(19)24(25)28)22-21(17)26(22)31(29,30)16-9-7-13(2)8-10-16/h4-11,17-22H,3,12H2,1-2H3/t17-,18+,19-,20+,21+,22-,26?. The average molecular weight is 437 g/mol. The van der Waals surface area contributed by atoms with E-state index >= 15 is 0 Å². The predicted octanol–water partition coefficient (Wildman–Crippen LogP) is 2.75. The highest BCUT2D eigenvalue weighted by Crippen LogP contribution is 2.66. The number of nitrogens with zero attached hydrogens (tertiary/aromatic N) is 2. The first-order valence-electron chi connectivity index (χ1n) is 10.9. The van der Waals surface area contributed by atoms with Gasteiger partial charge in [0.25, 0.3) is 0 Å². The molecule has 0 radical (unpaired) electrons. The molecule has 2 heterocycles. The van der Waals surface area contributed by atoms with Crippen molar-refractivity contribution in [1.29, 1.82) is 0 Å². The molecule has 2 saturated heterocycles. The molecule has 31 heavy (non-hydrogen) atoms. The Labute approximate surface area is 181 Å². The molecule has 2 aliphatic carbocycles. The molecule has 0 aromatic heterocycles. The summed E-state index contributed by atoms with van der Waals surface area (Å²) in [6, 6.07) is 14.1. The summed E-state index contributed by atoms with van der Waals surface area (Å²) in [5, 5.41) is 0. The second kappa shape index (κ2) is 6.26. The van der Waals surface area contributed by atoms with Crippen molar-refractivity contribution in [3.8, 4) is 0 Å². The van der Waals surface area contributed by atoms with Gasteiger partial charge in [0.2, 0.25) is 21.8 Å². The van der Waals surface area contributed by atoms with Crippen molar-refractivity contribution < 1.29 is 18.0 Å². The minimum atomic E-state index is -3.61. The van der Waals surface area contributed by atoms with Gasteiger partial charge in [-0.05, 0) is 61.4 Å². The predicted molar refractivity (Wildman–Crippen MR) is 115 cm³/mol. The first-order chi connectivity index (χ1) is 14.8. The summed E-state index contributed by atoms with van der Waals surface area (Å²) in [5.74, 6) is -1.26. The Kier molecular flexibility index (Phi) is 3.88. The van der Waals surface area contributed by atoms with Gasteiger partial charge in [-0.2, -0.15) is 4.31 Å². The van der Waals surface area contributed by atoms with Gasteiger partial charge in [-0.1, -0.05) is 36.8 Å². The van der Waals surface area contributed by atoms with E-state index in [2.05, 4.69) is 0 Å². The van der Waals surface area contributed by atoms with E-state index in [1.807, 2.05) is 38.1 Å². The molecule has 2 aromatic carbocycles. The van der Waals surface area contributed by atoms with E-state index in [-0.39, 0.29) is 40.6 Å². The Morgan fingerprint density at radius 1 is 0.935 bits per heavy atom. The van der Waals surface area contributed by atoms with Crippen molar-refractivity contribution in [2.45, 2.75) is 43.7 Å². The zero-order valence-electron chi connectivity index (χ0n) is 17.4. The number of sulfonamides is 1. The average Bonchev–Trinajstić information content (AvgIpc) is 3.15. The van der Waals surface area contributed by atoms with Crippen LogP contribution in [0.2, 0.25) is 0 Å². The third kappa shape index (κ3) is 2.44. The van der Waals surface area contributed by atoms with Gasteiger partial charge in [0, 0.05) is 12.1 Å². The van der Waals surface area contributed by atoms with Gasteiger partial charge in [-0.15, -0.1) is 0 Å². The fraction of sp³-hybridized carbons (Fsp3) is 0.417. The van der Waals surface area contributed by atoms with Crippen LogP contribution in [0.15, 0.2) is 53.4 Å². The molecule has 1 unspecified atom stereocenters. The lowest BCUT2D eigenvalue weighted by molar-refractivity contribution is -0.123. The van der Waals surface area contributed by atoms with Gasteiger partial charge in [-0.25, -0.2) is 8.42 Å². The zero-order valence-corrected chi connectivity index (χ0v) is 18.2. The molecule has 2 aromatic rings. The molecular weight excluding hydrogens is 412 g/mol. The maximum absolute atomic E-state index is 13.4. The molecular formula is C24H24N2O4S. The number of benzene rings is 2. The summed E-state index contributed by atoms with van der Waals surface area (Å²) in [6.07, 6.45) is 1.60. The second-order valence-electron chi connectivity index (χ2n) is 9.28. The molecule has 4 fully saturated rings. The van der Waals surface area contributed by atoms with Crippen molar-refractivity contribution in [2.24, 2.45) is 23.7 Å². The molecule has 6 rings (SSSR count). The molecule has 7 heteroatoms. The number of hydrogen-bond acceptors (Lipinski definition) is 4. The highest BCUT2D eigenvalue weighted by atomic mass is 32.2. The Bertz CT molecular complexity index is 1190. The molecule has 2 saturated carbocycles. The third-order valence-electron chi connectivity index (χ3n) is 7.76. The van der Waals surface area contributed by atoms with Crippen LogP contribution in [0, 0.1) is 30.6 Å². The van der Waals surface area contributed by atoms with Gasteiger partial charge in [0.1, 0.15) is 0 Å².